The summed E-state index contributed by atoms with van der Waals surface area (Å²) >= 11 is 0. The first kappa shape index (κ1) is 17.4. The lowest BCUT2D eigenvalue weighted by molar-refractivity contribution is 0.546. The van der Waals surface area contributed by atoms with Crippen molar-refractivity contribution < 1.29 is 8.42 Å². The van der Waals surface area contributed by atoms with Gasteiger partial charge in [-0.05, 0) is 24.6 Å². The molecule has 0 radical (unpaired) electrons. The van der Waals surface area contributed by atoms with Gasteiger partial charge in [-0.1, -0.05) is 48.0 Å². The van der Waals surface area contributed by atoms with Gasteiger partial charge in [0.25, 0.3) is 0 Å². The van der Waals surface area contributed by atoms with Crippen molar-refractivity contribution in [2.75, 3.05) is 0 Å². The van der Waals surface area contributed by atoms with Gasteiger partial charge < -0.3 is 4.57 Å². The van der Waals surface area contributed by atoms with Crippen LogP contribution in [0.3, 0.4) is 0 Å². The predicted octanol–water partition coefficient (Wildman–Crippen LogP) is 2.99. The van der Waals surface area contributed by atoms with Crippen molar-refractivity contribution in [2.45, 2.75) is 24.3 Å². The van der Waals surface area contributed by atoms with E-state index >= 15 is 0 Å². The molecule has 6 heteroatoms. The Morgan fingerprint density at radius 1 is 1.08 bits per heavy atom. The van der Waals surface area contributed by atoms with Crippen LogP contribution in [0, 0.1) is 6.92 Å². The number of aromatic nitrogens is 2. The van der Waals surface area contributed by atoms with Crippen LogP contribution in [0.2, 0.25) is 0 Å². The molecule has 1 aromatic heterocycles. The molecule has 1 heterocycles. The number of hydrogen-bond acceptors (Lipinski definition) is 3. The summed E-state index contributed by atoms with van der Waals surface area (Å²) in [7, 11) is -1.73. The van der Waals surface area contributed by atoms with Crippen molar-refractivity contribution in [3.63, 3.8) is 0 Å². The average molecular weight is 355 g/mol. The van der Waals surface area contributed by atoms with Crippen LogP contribution in [-0.4, -0.2) is 18.0 Å². The second-order valence-electron chi connectivity index (χ2n) is 6.06. The highest BCUT2D eigenvalue weighted by Gasteiger charge is 2.22. The van der Waals surface area contributed by atoms with Crippen molar-refractivity contribution in [1.29, 1.82) is 0 Å². The van der Waals surface area contributed by atoms with E-state index in [1.54, 1.807) is 30.5 Å². The molecule has 130 valence electrons. The number of sulfonamides is 1. The monoisotopic (exact) mass is 355 g/mol. The summed E-state index contributed by atoms with van der Waals surface area (Å²) in [5, 5.41) is 0. The fourth-order valence-corrected chi connectivity index (χ4v) is 3.89. The van der Waals surface area contributed by atoms with Gasteiger partial charge in [0.05, 0.1) is 10.9 Å². The van der Waals surface area contributed by atoms with E-state index in [1.165, 1.54) is 0 Å². The highest BCUT2D eigenvalue weighted by atomic mass is 32.2. The predicted molar refractivity (Wildman–Crippen MR) is 97.6 cm³/mol. The van der Waals surface area contributed by atoms with Gasteiger partial charge in [-0.2, -0.15) is 0 Å². The first-order valence-electron chi connectivity index (χ1n) is 8.06. The Bertz CT molecular complexity index is 932. The number of hydrogen-bond donors (Lipinski definition) is 1. The molecule has 0 saturated carbocycles. The molecule has 0 fully saturated rings. The standard InChI is InChI=1S/C19H21N3O2S/c1-15-8-10-17(11-9-15)25(23,24)21-18(16-6-4-3-5-7-16)14-19-20-12-13-22(19)2/h3-13,18,21H,14H2,1-2H3. The smallest absolute Gasteiger partial charge is 0.241 e. The Balaban J connectivity index is 1.92. The molecule has 25 heavy (non-hydrogen) atoms. The van der Waals surface area contributed by atoms with Gasteiger partial charge in [-0.15, -0.1) is 0 Å². The van der Waals surface area contributed by atoms with Crippen LogP contribution in [0.15, 0.2) is 71.9 Å². The molecule has 0 aliphatic heterocycles. The molecule has 1 unspecified atom stereocenters. The summed E-state index contributed by atoms with van der Waals surface area (Å²) in [4.78, 5) is 4.59. The summed E-state index contributed by atoms with van der Waals surface area (Å²) in [5.74, 6) is 0.820. The average Bonchev–Trinajstić information content (AvgIpc) is 3.00. The zero-order valence-electron chi connectivity index (χ0n) is 14.3. The largest absolute Gasteiger partial charge is 0.338 e. The lowest BCUT2D eigenvalue weighted by atomic mass is 10.0. The summed E-state index contributed by atoms with van der Waals surface area (Å²) in [6.07, 6.45) is 4.04. The van der Waals surface area contributed by atoms with Crippen LogP contribution in [0.25, 0.3) is 0 Å². The first-order valence-corrected chi connectivity index (χ1v) is 9.54. The normalized spacial score (nSPS) is 12.9. The minimum atomic E-state index is -3.63. The van der Waals surface area contributed by atoms with Crippen LogP contribution in [0.4, 0.5) is 0 Å². The molecule has 0 amide bonds. The van der Waals surface area contributed by atoms with Crippen LogP contribution in [0.1, 0.15) is 23.0 Å². The lowest BCUT2D eigenvalue weighted by Crippen LogP contribution is -2.30. The Hall–Kier alpha value is -2.44. The molecule has 1 N–H and O–H groups in total. The molecular formula is C19H21N3O2S. The van der Waals surface area contributed by atoms with E-state index in [4.69, 9.17) is 0 Å². The molecular weight excluding hydrogens is 334 g/mol. The van der Waals surface area contributed by atoms with Crippen LogP contribution in [0.5, 0.6) is 0 Å². The van der Waals surface area contributed by atoms with Gasteiger partial charge in [0, 0.05) is 25.9 Å². The van der Waals surface area contributed by atoms with Gasteiger partial charge in [-0.25, -0.2) is 18.1 Å². The quantitative estimate of drug-likeness (QED) is 0.739. The highest BCUT2D eigenvalue weighted by Crippen LogP contribution is 2.21. The molecule has 0 spiro atoms. The van der Waals surface area contributed by atoms with Crippen molar-refractivity contribution in [3.8, 4) is 0 Å². The Morgan fingerprint density at radius 3 is 2.36 bits per heavy atom. The molecule has 0 saturated heterocycles. The number of nitrogens with zero attached hydrogens (tertiary/aromatic N) is 2. The van der Waals surface area contributed by atoms with E-state index in [0.717, 1.165) is 17.0 Å². The number of benzene rings is 2. The number of rotatable bonds is 6. The summed E-state index contributed by atoms with van der Waals surface area (Å²) in [5.41, 5.74) is 1.92. The molecule has 1 atom stereocenters. The highest BCUT2D eigenvalue weighted by molar-refractivity contribution is 7.89. The second-order valence-corrected chi connectivity index (χ2v) is 7.77. The van der Waals surface area contributed by atoms with E-state index in [1.807, 2.05) is 55.1 Å². The van der Waals surface area contributed by atoms with Gasteiger partial charge in [0.15, 0.2) is 0 Å². The maximum atomic E-state index is 12.8. The number of imidazole rings is 1. The molecule has 0 aliphatic rings. The maximum absolute atomic E-state index is 12.8. The van der Waals surface area contributed by atoms with E-state index in [9.17, 15) is 8.42 Å². The van der Waals surface area contributed by atoms with Crippen molar-refractivity contribution >= 4 is 10.0 Å². The van der Waals surface area contributed by atoms with E-state index < -0.39 is 16.1 Å². The van der Waals surface area contributed by atoms with E-state index in [2.05, 4.69) is 9.71 Å². The van der Waals surface area contributed by atoms with Gasteiger partial charge in [0.2, 0.25) is 10.0 Å². The lowest BCUT2D eigenvalue weighted by Gasteiger charge is -2.19. The number of aryl methyl sites for hydroxylation is 2. The summed E-state index contributed by atoms with van der Waals surface area (Å²) in [6.45, 7) is 1.93. The zero-order chi connectivity index (χ0) is 17.9. The molecule has 2 aromatic carbocycles. The van der Waals surface area contributed by atoms with Crippen molar-refractivity contribution in [3.05, 3.63) is 83.9 Å². The van der Waals surface area contributed by atoms with Crippen LogP contribution >= 0.6 is 0 Å². The Morgan fingerprint density at radius 2 is 1.76 bits per heavy atom. The summed E-state index contributed by atoms with van der Waals surface area (Å²) in [6, 6.07) is 16.0. The zero-order valence-corrected chi connectivity index (χ0v) is 15.1. The van der Waals surface area contributed by atoms with E-state index in [0.29, 0.717) is 6.42 Å². The third-order valence-corrected chi connectivity index (χ3v) is 5.63. The van der Waals surface area contributed by atoms with Crippen LogP contribution < -0.4 is 4.72 Å². The van der Waals surface area contributed by atoms with Crippen molar-refractivity contribution in [1.82, 2.24) is 14.3 Å². The minimum Gasteiger partial charge on any atom is -0.338 e. The minimum absolute atomic E-state index is 0.263. The van der Waals surface area contributed by atoms with Gasteiger partial charge in [0.1, 0.15) is 5.82 Å². The topological polar surface area (TPSA) is 64.0 Å². The molecule has 0 aliphatic carbocycles. The van der Waals surface area contributed by atoms with Crippen LogP contribution in [-0.2, 0) is 23.5 Å². The fraction of sp³-hybridized carbons (Fsp3) is 0.211. The Labute approximate surface area is 148 Å². The van der Waals surface area contributed by atoms with Gasteiger partial charge >= 0.3 is 0 Å². The summed E-state index contributed by atoms with van der Waals surface area (Å²) < 4.78 is 30.3. The molecule has 3 rings (SSSR count). The second kappa shape index (κ2) is 7.21. The van der Waals surface area contributed by atoms with Crippen molar-refractivity contribution in [2.24, 2.45) is 7.05 Å². The van der Waals surface area contributed by atoms with E-state index in [-0.39, 0.29) is 4.90 Å². The fourth-order valence-electron chi connectivity index (χ4n) is 2.66. The number of nitrogens with one attached hydrogen (secondary N) is 1. The third kappa shape index (κ3) is 4.15. The Kier molecular flexibility index (Phi) is 5.01. The SMILES string of the molecule is Cc1ccc(S(=O)(=O)NC(Cc2nccn2C)c2ccccc2)cc1. The molecule has 0 bridgehead atoms. The molecule has 5 nitrogen and oxygen atoms in total. The molecule has 3 aromatic rings. The first-order chi connectivity index (χ1) is 12.0. The third-order valence-electron chi connectivity index (χ3n) is 4.14. The van der Waals surface area contributed by atoms with Gasteiger partial charge in [-0.3, -0.25) is 0 Å². The maximum Gasteiger partial charge on any atom is 0.241 e.